The highest BCUT2D eigenvalue weighted by Crippen LogP contribution is 2.23. The van der Waals surface area contributed by atoms with E-state index in [1.54, 1.807) is 30.3 Å². The zero-order valence-electron chi connectivity index (χ0n) is 17.5. The number of carboxylic acids is 1. The number of aromatic carboxylic acids is 1. The number of methoxy groups -OCH3 is 1. The van der Waals surface area contributed by atoms with E-state index < -0.39 is 17.7 Å². The number of carbonyl (C=O) groups excluding carboxylic acids is 1. The maximum absolute atomic E-state index is 13.9. The molecule has 0 aliphatic rings. The van der Waals surface area contributed by atoms with E-state index in [9.17, 15) is 19.1 Å². The average Bonchev–Trinajstić information content (AvgIpc) is 2.82. The Morgan fingerprint density at radius 2 is 1.88 bits per heavy atom. The maximum atomic E-state index is 13.9. The lowest BCUT2D eigenvalue weighted by Crippen LogP contribution is -2.12. The number of hydrogen-bond donors (Lipinski definition) is 3. The third-order valence-electron chi connectivity index (χ3n) is 4.95. The number of anilines is 2. The minimum Gasteiger partial charge on any atom is -0.494 e. The van der Waals surface area contributed by atoms with Crippen molar-refractivity contribution in [3.8, 4) is 5.75 Å². The summed E-state index contributed by atoms with van der Waals surface area (Å²) in [6, 6.07) is 16.0. The minimum atomic E-state index is -1.06. The largest absolute Gasteiger partial charge is 0.494 e. The molecule has 0 unspecified atom stereocenters. The van der Waals surface area contributed by atoms with Gasteiger partial charge in [0.15, 0.2) is 11.6 Å². The van der Waals surface area contributed by atoms with Gasteiger partial charge < -0.3 is 20.5 Å². The second-order valence-corrected chi connectivity index (χ2v) is 7.09. The standard InChI is InChI=1S/C24H19FN4O4/c1-33-20-9-8-15(11-19(20)25)23(30)29-16-5-2-4-14(10-16)12-26-22-17-6-3-7-18(24(31)32)21(17)27-13-28-22/h2-11,13H,12H2,1H3,(H,29,30)(H,31,32)(H,26,27,28). The van der Waals surface area contributed by atoms with Gasteiger partial charge in [0.1, 0.15) is 12.1 Å². The van der Waals surface area contributed by atoms with Gasteiger partial charge in [-0.1, -0.05) is 18.2 Å². The minimum absolute atomic E-state index is 0.0624. The molecule has 0 aliphatic carbocycles. The summed E-state index contributed by atoms with van der Waals surface area (Å²) in [5.41, 5.74) is 1.98. The van der Waals surface area contributed by atoms with E-state index in [0.717, 1.165) is 11.6 Å². The topological polar surface area (TPSA) is 113 Å². The fourth-order valence-electron chi connectivity index (χ4n) is 3.36. The van der Waals surface area contributed by atoms with Crippen molar-refractivity contribution < 1.29 is 23.8 Å². The zero-order valence-corrected chi connectivity index (χ0v) is 17.5. The number of nitrogens with zero attached hydrogens (tertiary/aromatic N) is 2. The van der Waals surface area contributed by atoms with Crippen LogP contribution in [0, 0.1) is 5.82 Å². The van der Waals surface area contributed by atoms with Gasteiger partial charge in [-0.2, -0.15) is 0 Å². The molecule has 3 aromatic carbocycles. The number of carboxylic acid groups (broad SMARTS) is 1. The van der Waals surface area contributed by atoms with Crippen LogP contribution in [-0.4, -0.2) is 34.1 Å². The van der Waals surface area contributed by atoms with Crippen molar-refractivity contribution in [2.24, 2.45) is 0 Å². The van der Waals surface area contributed by atoms with Crippen LogP contribution >= 0.6 is 0 Å². The molecule has 0 bridgehead atoms. The van der Waals surface area contributed by atoms with Gasteiger partial charge in [0.05, 0.1) is 18.2 Å². The van der Waals surface area contributed by atoms with Crippen LogP contribution in [0.5, 0.6) is 5.75 Å². The Labute approximate surface area is 188 Å². The van der Waals surface area contributed by atoms with Gasteiger partial charge in [-0.15, -0.1) is 0 Å². The molecule has 8 nitrogen and oxygen atoms in total. The number of carbonyl (C=O) groups is 2. The second kappa shape index (κ2) is 9.31. The molecule has 33 heavy (non-hydrogen) atoms. The first kappa shape index (κ1) is 21.7. The molecule has 0 fully saturated rings. The van der Waals surface area contributed by atoms with E-state index in [2.05, 4.69) is 20.6 Å². The van der Waals surface area contributed by atoms with Crippen LogP contribution in [-0.2, 0) is 6.54 Å². The number of benzene rings is 3. The van der Waals surface area contributed by atoms with Gasteiger partial charge in [-0.25, -0.2) is 19.2 Å². The van der Waals surface area contributed by atoms with Gasteiger partial charge in [0.25, 0.3) is 5.91 Å². The van der Waals surface area contributed by atoms with Crippen molar-refractivity contribution in [3.05, 3.63) is 89.5 Å². The fourth-order valence-corrected chi connectivity index (χ4v) is 3.36. The molecule has 166 valence electrons. The number of rotatable bonds is 7. The first-order valence-electron chi connectivity index (χ1n) is 9.91. The first-order chi connectivity index (χ1) is 16.0. The second-order valence-electron chi connectivity index (χ2n) is 7.09. The number of aromatic nitrogens is 2. The predicted octanol–water partition coefficient (Wildman–Crippen LogP) is 4.34. The van der Waals surface area contributed by atoms with Crippen LogP contribution in [0.15, 0.2) is 67.0 Å². The molecule has 4 aromatic rings. The fraction of sp³-hybridized carbons (Fsp3) is 0.0833. The number of amides is 1. The number of para-hydroxylation sites is 1. The summed E-state index contributed by atoms with van der Waals surface area (Å²) in [5, 5.41) is 15.9. The number of hydrogen-bond acceptors (Lipinski definition) is 6. The van der Waals surface area contributed by atoms with Gasteiger partial charge in [-0.3, -0.25) is 4.79 Å². The molecule has 3 N–H and O–H groups in total. The Balaban J connectivity index is 1.49. The SMILES string of the molecule is COc1ccc(C(=O)Nc2cccc(CNc3ncnc4c(C(=O)O)cccc34)c2)cc1F. The number of ether oxygens (including phenoxy) is 1. The zero-order chi connectivity index (χ0) is 23.4. The van der Waals surface area contributed by atoms with Crippen molar-refractivity contribution in [1.29, 1.82) is 0 Å². The Bertz CT molecular complexity index is 1360. The van der Waals surface area contributed by atoms with Gasteiger partial charge >= 0.3 is 5.97 Å². The van der Waals surface area contributed by atoms with E-state index in [-0.39, 0.29) is 16.9 Å². The van der Waals surface area contributed by atoms with Crippen LogP contribution in [0.1, 0.15) is 26.3 Å². The molecule has 0 saturated heterocycles. The van der Waals surface area contributed by atoms with E-state index >= 15 is 0 Å². The third kappa shape index (κ3) is 4.72. The van der Waals surface area contributed by atoms with Crippen molar-refractivity contribution >= 4 is 34.3 Å². The van der Waals surface area contributed by atoms with Gasteiger partial charge in [0.2, 0.25) is 0 Å². The summed E-state index contributed by atoms with van der Waals surface area (Å²) in [6.45, 7) is 0.365. The van der Waals surface area contributed by atoms with E-state index in [4.69, 9.17) is 4.74 Å². The molecular weight excluding hydrogens is 427 g/mol. The van der Waals surface area contributed by atoms with Crippen molar-refractivity contribution in [1.82, 2.24) is 9.97 Å². The number of halogens is 1. The molecule has 0 atom stereocenters. The van der Waals surface area contributed by atoms with E-state index in [1.807, 2.05) is 6.07 Å². The van der Waals surface area contributed by atoms with Crippen molar-refractivity contribution in [2.45, 2.75) is 6.54 Å². The molecule has 1 amide bonds. The Morgan fingerprint density at radius 3 is 2.64 bits per heavy atom. The van der Waals surface area contributed by atoms with Crippen LogP contribution in [0.2, 0.25) is 0 Å². The highest BCUT2D eigenvalue weighted by atomic mass is 19.1. The molecule has 0 aliphatic heterocycles. The molecule has 4 rings (SSSR count). The van der Waals surface area contributed by atoms with E-state index in [0.29, 0.717) is 29.0 Å². The Hall–Kier alpha value is -4.53. The third-order valence-corrected chi connectivity index (χ3v) is 4.95. The maximum Gasteiger partial charge on any atom is 0.337 e. The normalized spacial score (nSPS) is 10.6. The summed E-state index contributed by atoms with van der Waals surface area (Å²) in [7, 11) is 1.35. The molecular formula is C24H19FN4O4. The summed E-state index contributed by atoms with van der Waals surface area (Å²) in [4.78, 5) is 32.3. The van der Waals surface area contributed by atoms with Crippen molar-refractivity contribution in [3.63, 3.8) is 0 Å². The van der Waals surface area contributed by atoms with Gasteiger partial charge in [0, 0.05) is 23.2 Å². The monoisotopic (exact) mass is 446 g/mol. The highest BCUT2D eigenvalue weighted by Gasteiger charge is 2.13. The van der Waals surface area contributed by atoms with Crippen LogP contribution in [0.25, 0.3) is 10.9 Å². The Kier molecular flexibility index (Phi) is 6.12. The molecule has 1 aromatic heterocycles. The number of fused-ring (bicyclic) bond motifs is 1. The smallest absolute Gasteiger partial charge is 0.337 e. The quantitative estimate of drug-likeness (QED) is 0.387. The average molecular weight is 446 g/mol. The first-order valence-corrected chi connectivity index (χ1v) is 9.91. The molecule has 0 saturated carbocycles. The van der Waals surface area contributed by atoms with Crippen LogP contribution in [0.3, 0.4) is 0 Å². The molecule has 9 heteroatoms. The lowest BCUT2D eigenvalue weighted by molar-refractivity contribution is 0.0698. The van der Waals surface area contributed by atoms with Crippen LogP contribution in [0.4, 0.5) is 15.9 Å². The predicted molar refractivity (Wildman–Crippen MR) is 121 cm³/mol. The lowest BCUT2D eigenvalue weighted by atomic mass is 10.1. The van der Waals surface area contributed by atoms with Crippen molar-refractivity contribution in [2.75, 3.05) is 17.7 Å². The Morgan fingerprint density at radius 1 is 1.06 bits per heavy atom. The van der Waals surface area contributed by atoms with Crippen LogP contribution < -0.4 is 15.4 Å². The summed E-state index contributed by atoms with van der Waals surface area (Å²) in [5.74, 6) is -1.58. The lowest BCUT2D eigenvalue weighted by Gasteiger charge is -2.11. The molecule has 0 spiro atoms. The summed E-state index contributed by atoms with van der Waals surface area (Å²) in [6.07, 6.45) is 1.31. The summed E-state index contributed by atoms with van der Waals surface area (Å²) >= 11 is 0. The highest BCUT2D eigenvalue weighted by molar-refractivity contribution is 6.05. The summed E-state index contributed by atoms with van der Waals surface area (Å²) < 4.78 is 18.8. The van der Waals surface area contributed by atoms with Gasteiger partial charge in [-0.05, 0) is 48.0 Å². The number of nitrogens with one attached hydrogen (secondary N) is 2. The van der Waals surface area contributed by atoms with E-state index in [1.165, 1.54) is 31.6 Å². The molecule has 1 heterocycles. The molecule has 0 radical (unpaired) electrons.